The first-order chi connectivity index (χ1) is 16.6. The fourth-order valence-corrected chi connectivity index (χ4v) is 4.64. The molecule has 0 aliphatic carbocycles. The third-order valence-corrected chi connectivity index (χ3v) is 6.31. The molecule has 1 aromatic heterocycles. The van der Waals surface area contributed by atoms with Gasteiger partial charge in [0.2, 0.25) is 0 Å². The Bertz CT molecular complexity index is 1290. The zero-order valence-corrected chi connectivity index (χ0v) is 19.6. The van der Waals surface area contributed by atoms with Crippen molar-refractivity contribution in [1.82, 2.24) is 14.1 Å². The first-order valence-electron chi connectivity index (χ1n) is 10.3. The normalized spacial score (nSPS) is 11.7. The summed E-state index contributed by atoms with van der Waals surface area (Å²) in [6.45, 7) is -0.527. The molecule has 34 heavy (non-hydrogen) atoms. The standard InChI is InChI=1S/C24H21FN4O3S2/c25-15-19-11-12-20(24(30)26-16-18-9-5-2-6-10-18)22(14-19)29(34(31)32)23-21(27-33-28-23)13-17-7-3-1-4-8-17/h1-12,14H,13,15-16H2,(H,26,30)(H,31,32). The molecule has 0 bridgehead atoms. The van der Waals surface area contributed by atoms with E-state index in [0.29, 0.717) is 12.1 Å². The van der Waals surface area contributed by atoms with Crippen LogP contribution < -0.4 is 9.62 Å². The lowest BCUT2D eigenvalue weighted by atomic mass is 10.1. The van der Waals surface area contributed by atoms with E-state index in [-0.39, 0.29) is 29.2 Å². The van der Waals surface area contributed by atoms with Gasteiger partial charge in [0.15, 0.2) is 5.82 Å². The van der Waals surface area contributed by atoms with Gasteiger partial charge in [-0.3, -0.25) is 9.35 Å². The van der Waals surface area contributed by atoms with Crippen LogP contribution in [0.1, 0.15) is 32.7 Å². The van der Waals surface area contributed by atoms with Crippen LogP contribution in [-0.4, -0.2) is 23.4 Å². The van der Waals surface area contributed by atoms with Crippen molar-refractivity contribution in [1.29, 1.82) is 0 Å². The van der Waals surface area contributed by atoms with Crippen LogP contribution in [0.5, 0.6) is 0 Å². The Balaban J connectivity index is 1.70. The lowest BCUT2D eigenvalue weighted by Gasteiger charge is -2.22. The highest BCUT2D eigenvalue weighted by Gasteiger charge is 2.27. The van der Waals surface area contributed by atoms with E-state index in [1.807, 2.05) is 60.7 Å². The fourth-order valence-electron chi connectivity index (χ4n) is 3.42. The Kier molecular flexibility index (Phi) is 7.73. The summed E-state index contributed by atoms with van der Waals surface area (Å²) in [6.07, 6.45) is 0.374. The molecule has 0 aliphatic heterocycles. The highest BCUT2D eigenvalue weighted by molar-refractivity contribution is 7.81. The van der Waals surface area contributed by atoms with Gasteiger partial charge in [0.25, 0.3) is 17.2 Å². The molecule has 2 N–H and O–H groups in total. The number of nitrogens with one attached hydrogen (secondary N) is 1. The largest absolute Gasteiger partial charge is 0.348 e. The van der Waals surface area contributed by atoms with E-state index in [9.17, 15) is 17.9 Å². The molecule has 1 heterocycles. The molecule has 0 saturated carbocycles. The number of halogens is 1. The second-order valence-corrected chi connectivity index (χ2v) is 8.73. The molecule has 3 aromatic carbocycles. The maximum Gasteiger partial charge on any atom is 0.268 e. The summed E-state index contributed by atoms with van der Waals surface area (Å²) in [5, 5.41) is 2.81. The van der Waals surface area contributed by atoms with Crippen LogP contribution >= 0.6 is 11.7 Å². The van der Waals surface area contributed by atoms with Crippen molar-refractivity contribution < 1.29 is 17.9 Å². The molecule has 4 aromatic rings. The summed E-state index contributed by atoms with van der Waals surface area (Å²) >= 11 is -1.70. The lowest BCUT2D eigenvalue weighted by Crippen LogP contribution is -2.28. The van der Waals surface area contributed by atoms with E-state index in [1.54, 1.807) is 0 Å². The van der Waals surface area contributed by atoms with Crippen LogP contribution in [0.2, 0.25) is 0 Å². The molecule has 1 atom stereocenters. The zero-order chi connectivity index (χ0) is 23.9. The number of nitrogens with zero attached hydrogens (tertiary/aromatic N) is 3. The van der Waals surface area contributed by atoms with Crippen molar-refractivity contribution in [2.24, 2.45) is 0 Å². The van der Waals surface area contributed by atoms with Gasteiger partial charge in [-0.2, -0.15) is 8.75 Å². The van der Waals surface area contributed by atoms with Crippen molar-refractivity contribution in [3.8, 4) is 0 Å². The summed E-state index contributed by atoms with van der Waals surface area (Å²) in [6, 6.07) is 23.1. The molecule has 7 nitrogen and oxygen atoms in total. The van der Waals surface area contributed by atoms with Crippen LogP contribution in [0, 0.1) is 0 Å². The van der Waals surface area contributed by atoms with E-state index in [4.69, 9.17) is 0 Å². The quantitative estimate of drug-likeness (QED) is 0.325. The number of anilines is 2. The van der Waals surface area contributed by atoms with E-state index >= 15 is 0 Å². The highest BCUT2D eigenvalue weighted by atomic mass is 32.2. The van der Waals surface area contributed by atoms with E-state index in [2.05, 4.69) is 14.1 Å². The molecule has 174 valence electrons. The van der Waals surface area contributed by atoms with Crippen LogP contribution in [0.15, 0.2) is 78.9 Å². The minimum Gasteiger partial charge on any atom is -0.348 e. The third kappa shape index (κ3) is 5.53. The second kappa shape index (κ2) is 11.1. The van der Waals surface area contributed by atoms with Crippen molar-refractivity contribution in [2.75, 3.05) is 4.31 Å². The van der Waals surface area contributed by atoms with Crippen LogP contribution in [0.4, 0.5) is 15.9 Å². The molecule has 0 aliphatic rings. The topological polar surface area (TPSA) is 95.4 Å². The Morgan fingerprint density at radius 1 is 0.971 bits per heavy atom. The van der Waals surface area contributed by atoms with E-state index in [1.165, 1.54) is 18.2 Å². The fraction of sp³-hybridized carbons (Fsp3) is 0.125. The van der Waals surface area contributed by atoms with Crippen molar-refractivity contribution in [3.05, 3.63) is 107 Å². The average Bonchev–Trinajstić information content (AvgIpc) is 3.31. The number of amides is 1. The molecule has 0 fully saturated rings. The molecular weight excluding hydrogens is 475 g/mol. The molecule has 1 amide bonds. The number of carbonyl (C=O) groups is 1. The number of hydrogen-bond acceptors (Lipinski definition) is 5. The van der Waals surface area contributed by atoms with Gasteiger partial charge < -0.3 is 5.32 Å². The Labute approximate surface area is 203 Å². The zero-order valence-electron chi connectivity index (χ0n) is 17.9. The molecule has 10 heteroatoms. The predicted octanol–water partition coefficient (Wildman–Crippen LogP) is 4.80. The summed E-state index contributed by atoms with van der Waals surface area (Å²) < 4.78 is 45.8. The first kappa shape index (κ1) is 23.7. The second-order valence-electron chi connectivity index (χ2n) is 7.38. The molecule has 0 spiro atoms. The number of alkyl halides is 1. The minimum atomic E-state index is -2.59. The Morgan fingerprint density at radius 3 is 2.29 bits per heavy atom. The third-order valence-electron chi connectivity index (χ3n) is 5.08. The van der Waals surface area contributed by atoms with E-state index < -0.39 is 23.8 Å². The highest BCUT2D eigenvalue weighted by Crippen LogP contribution is 2.33. The van der Waals surface area contributed by atoms with Gasteiger partial charge in [-0.15, -0.1) is 0 Å². The SMILES string of the molecule is O=C(NCc1ccccc1)c1ccc(CF)cc1N(c1nsnc1Cc1ccccc1)S(=O)O. The summed E-state index contributed by atoms with van der Waals surface area (Å²) in [7, 11) is 0. The lowest BCUT2D eigenvalue weighted by molar-refractivity contribution is 0.0951. The number of benzene rings is 3. The molecule has 0 radical (unpaired) electrons. The van der Waals surface area contributed by atoms with Gasteiger partial charge in [0, 0.05) is 13.0 Å². The van der Waals surface area contributed by atoms with Gasteiger partial charge in [0.1, 0.15) is 12.4 Å². The number of rotatable bonds is 9. The van der Waals surface area contributed by atoms with Gasteiger partial charge in [-0.25, -0.2) is 12.9 Å². The van der Waals surface area contributed by atoms with Gasteiger partial charge >= 0.3 is 0 Å². The predicted molar refractivity (Wildman–Crippen MR) is 131 cm³/mol. The van der Waals surface area contributed by atoms with Crippen LogP contribution in [-0.2, 0) is 30.9 Å². The monoisotopic (exact) mass is 496 g/mol. The van der Waals surface area contributed by atoms with Gasteiger partial charge in [-0.05, 0) is 28.8 Å². The van der Waals surface area contributed by atoms with Crippen LogP contribution in [0.3, 0.4) is 0 Å². The molecule has 1 unspecified atom stereocenters. The van der Waals surface area contributed by atoms with Crippen molar-refractivity contribution in [3.63, 3.8) is 0 Å². The molecule has 4 rings (SSSR count). The van der Waals surface area contributed by atoms with Gasteiger partial charge in [-0.1, -0.05) is 66.7 Å². The number of hydrogen-bond donors (Lipinski definition) is 2. The summed E-state index contributed by atoms with van der Waals surface area (Å²) in [5.74, 6) is -0.324. The summed E-state index contributed by atoms with van der Waals surface area (Å²) in [4.78, 5) is 13.1. The molecule has 0 saturated heterocycles. The number of aromatic nitrogens is 2. The number of carbonyl (C=O) groups excluding carboxylic acids is 1. The Hall–Kier alpha value is -3.47. The summed E-state index contributed by atoms with van der Waals surface area (Å²) in [5.41, 5.74) is 2.77. The van der Waals surface area contributed by atoms with Gasteiger partial charge in [0.05, 0.1) is 23.0 Å². The first-order valence-corrected chi connectivity index (χ1v) is 12.1. The molecular formula is C24H21FN4O3S2. The van der Waals surface area contributed by atoms with Crippen LogP contribution in [0.25, 0.3) is 0 Å². The average molecular weight is 497 g/mol. The van der Waals surface area contributed by atoms with Crippen molar-refractivity contribution >= 4 is 40.4 Å². The van der Waals surface area contributed by atoms with Crippen molar-refractivity contribution in [2.45, 2.75) is 19.6 Å². The smallest absolute Gasteiger partial charge is 0.268 e. The minimum absolute atomic E-state index is 0.0727. The van der Waals surface area contributed by atoms with E-state index in [0.717, 1.165) is 27.2 Å². The maximum atomic E-state index is 13.5. The maximum absolute atomic E-state index is 13.5. The Morgan fingerprint density at radius 2 is 1.65 bits per heavy atom.